The van der Waals surface area contributed by atoms with Crippen molar-refractivity contribution in [1.29, 1.82) is 5.26 Å². The van der Waals surface area contributed by atoms with E-state index in [0.29, 0.717) is 0 Å². The summed E-state index contributed by atoms with van der Waals surface area (Å²) < 4.78 is 1.03. The summed E-state index contributed by atoms with van der Waals surface area (Å²) in [7, 11) is 2.02. The Kier molecular flexibility index (Phi) is 3.94. The smallest absolute Gasteiger partial charge is 0.101 e. The van der Waals surface area contributed by atoms with Crippen LogP contribution in [0, 0.1) is 11.3 Å². The van der Waals surface area contributed by atoms with E-state index < -0.39 is 0 Å². The molecule has 1 aromatic carbocycles. The highest BCUT2D eigenvalue weighted by Crippen LogP contribution is 2.30. The lowest BCUT2D eigenvalue weighted by Gasteiger charge is -2.40. The van der Waals surface area contributed by atoms with Crippen molar-refractivity contribution < 1.29 is 0 Å². The van der Waals surface area contributed by atoms with Crippen LogP contribution < -0.4 is 10.2 Å². The van der Waals surface area contributed by atoms with E-state index in [4.69, 9.17) is 0 Å². The van der Waals surface area contributed by atoms with Gasteiger partial charge in [-0.15, -0.1) is 0 Å². The van der Waals surface area contributed by atoms with Crippen LogP contribution in [0.25, 0.3) is 0 Å². The Morgan fingerprint density at radius 1 is 1.39 bits per heavy atom. The van der Waals surface area contributed by atoms with Crippen LogP contribution in [0.4, 0.5) is 5.69 Å². The van der Waals surface area contributed by atoms with Gasteiger partial charge in [0.25, 0.3) is 0 Å². The van der Waals surface area contributed by atoms with Gasteiger partial charge in [-0.05, 0) is 45.0 Å². The molecule has 2 rings (SSSR count). The Morgan fingerprint density at radius 2 is 2.06 bits per heavy atom. The Hall–Kier alpha value is -1.05. The van der Waals surface area contributed by atoms with Crippen molar-refractivity contribution in [3.63, 3.8) is 0 Å². The lowest BCUT2D eigenvalue weighted by atomic mass is 9.89. The molecule has 96 valence electrons. The molecule has 18 heavy (non-hydrogen) atoms. The molecule has 1 aliphatic rings. The number of nitriles is 1. The summed E-state index contributed by atoms with van der Waals surface area (Å²) in [6, 6.07) is 8.12. The van der Waals surface area contributed by atoms with E-state index in [2.05, 4.69) is 39.1 Å². The molecule has 0 radical (unpaired) electrons. The van der Waals surface area contributed by atoms with E-state index in [1.165, 1.54) is 0 Å². The molecule has 4 heteroatoms. The summed E-state index contributed by atoms with van der Waals surface area (Å²) in [4.78, 5) is 2.31. The summed E-state index contributed by atoms with van der Waals surface area (Å²) in [6.45, 7) is 4.24. The minimum Gasteiger partial charge on any atom is -0.370 e. The van der Waals surface area contributed by atoms with Crippen LogP contribution in [-0.2, 0) is 0 Å². The average Bonchev–Trinajstić information content (AvgIpc) is 2.39. The maximum absolute atomic E-state index is 9.18. The Morgan fingerprint density at radius 3 is 2.61 bits per heavy atom. The molecule has 1 saturated heterocycles. The van der Waals surface area contributed by atoms with Crippen molar-refractivity contribution in [3.8, 4) is 6.07 Å². The van der Waals surface area contributed by atoms with Crippen molar-refractivity contribution in [2.75, 3.05) is 25.0 Å². The van der Waals surface area contributed by atoms with E-state index in [9.17, 15) is 5.26 Å². The Balaban J connectivity index is 2.20. The van der Waals surface area contributed by atoms with Gasteiger partial charge < -0.3 is 10.2 Å². The van der Waals surface area contributed by atoms with Crippen LogP contribution in [-0.4, -0.2) is 25.7 Å². The molecule has 0 spiro atoms. The third-order valence-corrected chi connectivity index (χ3v) is 4.38. The standard InChI is InChI=1S/C14H18BrN3/c1-14(17-2)5-7-18(8-6-14)13-9-12(15)4-3-11(13)10-16/h3-4,9,17H,5-8H2,1-2H3. The summed E-state index contributed by atoms with van der Waals surface area (Å²) in [6.07, 6.45) is 2.20. The number of benzene rings is 1. The maximum Gasteiger partial charge on any atom is 0.101 e. The zero-order chi connectivity index (χ0) is 13.2. The fraction of sp³-hybridized carbons (Fsp3) is 0.500. The molecule has 1 fully saturated rings. The SMILES string of the molecule is CNC1(C)CCN(c2cc(Br)ccc2C#N)CC1. The van der Waals surface area contributed by atoms with Gasteiger partial charge in [-0.2, -0.15) is 5.26 Å². The largest absolute Gasteiger partial charge is 0.370 e. The highest BCUT2D eigenvalue weighted by atomic mass is 79.9. The first-order chi connectivity index (χ1) is 8.58. The fourth-order valence-corrected chi connectivity index (χ4v) is 2.70. The van der Waals surface area contributed by atoms with Crippen LogP contribution in [0.5, 0.6) is 0 Å². The second kappa shape index (κ2) is 5.29. The lowest BCUT2D eigenvalue weighted by Crippen LogP contribution is -2.50. The third-order valence-electron chi connectivity index (χ3n) is 3.89. The van der Waals surface area contributed by atoms with Crippen molar-refractivity contribution in [1.82, 2.24) is 5.32 Å². The Bertz CT molecular complexity index is 470. The quantitative estimate of drug-likeness (QED) is 0.913. The summed E-state index contributed by atoms with van der Waals surface area (Å²) in [5.41, 5.74) is 2.03. The van der Waals surface area contributed by atoms with E-state index in [1.54, 1.807) is 0 Å². The van der Waals surface area contributed by atoms with Crippen LogP contribution >= 0.6 is 15.9 Å². The molecule has 0 saturated carbocycles. The minimum atomic E-state index is 0.231. The number of nitrogens with zero attached hydrogens (tertiary/aromatic N) is 2. The topological polar surface area (TPSA) is 39.1 Å². The van der Waals surface area contributed by atoms with E-state index in [1.807, 2.05) is 25.2 Å². The number of piperidine rings is 1. The Labute approximate surface area is 117 Å². The monoisotopic (exact) mass is 307 g/mol. The van der Waals surface area contributed by atoms with Gasteiger partial charge in [-0.1, -0.05) is 15.9 Å². The van der Waals surface area contributed by atoms with Crippen LogP contribution in [0.2, 0.25) is 0 Å². The molecule has 0 aliphatic carbocycles. The fourth-order valence-electron chi connectivity index (χ4n) is 2.35. The van der Waals surface area contributed by atoms with Gasteiger partial charge in [0.15, 0.2) is 0 Å². The lowest BCUT2D eigenvalue weighted by molar-refractivity contribution is 0.305. The van der Waals surface area contributed by atoms with E-state index in [0.717, 1.165) is 41.7 Å². The zero-order valence-electron chi connectivity index (χ0n) is 10.8. The van der Waals surface area contributed by atoms with Gasteiger partial charge >= 0.3 is 0 Å². The molecule has 3 nitrogen and oxygen atoms in total. The number of halogens is 1. The number of hydrogen-bond donors (Lipinski definition) is 1. The van der Waals surface area contributed by atoms with Gasteiger partial charge in [0.1, 0.15) is 6.07 Å². The van der Waals surface area contributed by atoms with Crippen molar-refractivity contribution in [2.45, 2.75) is 25.3 Å². The normalized spacial score (nSPS) is 18.4. The van der Waals surface area contributed by atoms with Crippen LogP contribution in [0.15, 0.2) is 22.7 Å². The molecule has 1 N–H and O–H groups in total. The van der Waals surface area contributed by atoms with Crippen LogP contribution in [0.3, 0.4) is 0 Å². The molecule has 0 unspecified atom stereocenters. The number of hydrogen-bond acceptors (Lipinski definition) is 3. The van der Waals surface area contributed by atoms with E-state index in [-0.39, 0.29) is 5.54 Å². The second-order valence-corrected chi connectivity index (χ2v) is 5.99. The first kappa shape index (κ1) is 13.4. The predicted molar refractivity (Wildman–Crippen MR) is 77.8 cm³/mol. The molecule has 1 heterocycles. The minimum absolute atomic E-state index is 0.231. The van der Waals surface area contributed by atoms with Gasteiger partial charge in [0.05, 0.1) is 11.3 Å². The molecular weight excluding hydrogens is 290 g/mol. The van der Waals surface area contributed by atoms with Crippen molar-refractivity contribution in [3.05, 3.63) is 28.2 Å². The molecule has 1 aromatic rings. The van der Waals surface area contributed by atoms with Crippen LogP contribution in [0.1, 0.15) is 25.3 Å². The highest BCUT2D eigenvalue weighted by Gasteiger charge is 2.29. The molecule has 0 aromatic heterocycles. The highest BCUT2D eigenvalue weighted by molar-refractivity contribution is 9.10. The zero-order valence-corrected chi connectivity index (χ0v) is 12.4. The molecule has 0 amide bonds. The first-order valence-corrected chi connectivity index (χ1v) is 7.01. The third kappa shape index (κ3) is 2.68. The number of anilines is 1. The number of nitrogens with one attached hydrogen (secondary N) is 1. The summed E-state index contributed by atoms with van der Waals surface area (Å²) in [5.74, 6) is 0. The average molecular weight is 308 g/mol. The van der Waals surface area contributed by atoms with Gasteiger partial charge in [-0.25, -0.2) is 0 Å². The maximum atomic E-state index is 9.18. The van der Waals surface area contributed by atoms with Gasteiger partial charge in [0.2, 0.25) is 0 Å². The molecule has 1 aliphatic heterocycles. The summed E-state index contributed by atoms with van der Waals surface area (Å²) >= 11 is 3.48. The molecular formula is C14H18BrN3. The molecule has 0 bridgehead atoms. The van der Waals surface area contributed by atoms with Gasteiger partial charge in [0, 0.05) is 23.1 Å². The van der Waals surface area contributed by atoms with Crippen molar-refractivity contribution in [2.24, 2.45) is 0 Å². The first-order valence-electron chi connectivity index (χ1n) is 6.21. The van der Waals surface area contributed by atoms with Crippen molar-refractivity contribution >= 4 is 21.6 Å². The molecule has 0 atom stereocenters. The number of rotatable bonds is 2. The van der Waals surface area contributed by atoms with E-state index >= 15 is 0 Å². The summed E-state index contributed by atoms with van der Waals surface area (Å²) in [5, 5.41) is 12.6. The van der Waals surface area contributed by atoms with Gasteiger partial charge in [-0.3, -0.25) is 0 Å². The second-order valence-electron chi connectivity index (χ2n) is 5.07. The predicted octanol–water partition coefficient (Wildman–Crippen LogP) is 2.90.